The molecular formula is C30H30ClF4N5O4. The minimum atomic E-state index is -4.54. The summed E-state index contributed by atoms with van der Waals surface area (Å²) in [5.74, 6) is -0.166. The van der Waals surface area contributed by atoms with Gasteiger partial charge in [0.25, 0.3) is 0 Å². The van der Waals surface area contributed by atoms with E-state index in [4.69, 9.17) is 25.8 Å². The van der Waals surface area contributed by atoms with Crippen LogP contribution in [0.15, 0.2) is 54.6 Å². The predicted octanol–water partition coefficient (Wildman–Crippen LogP) is 5.49. The third kappa shape index (κ3) is 7.06. The number of aromatic nitrogens is 3. The molecule has 0 bridgehead atoms. The molecule has 1 unspecified atom stereocenters. The fourth-order valence-electron chi connectivity index (χ4n) is 5.13. The predicted molar refractivity (Wildman–Crippen MR) is 155 cm³/mol. The number of rotatable bonds is 10. The molecule has 1 aliphatic rings. The molecule has 0 aliphatic carbocycles. The Morgan fingerprint density at radius 2 is 1.89 bits per heavy atom. The summed E-state index contributed by atoms with van der Waals surface area (Å²) >= 11 is 5.80. The van der Waals surface area contributed by atoms with E-state index in [1.807, 2.05) is 0 Å². The fourth-order valence-corrected chi connectivity index (χ4v) is 5.29. The van der Waals surface area contributed by atoms with Crippen molar-refractivity contribution in [2.24, 2.45) is 0 Å². The molecule has 2 aromatic heterocycles. The second-order valence-corrected chi connectivity index (χ2v) is 10.6. The molecule has 1 saturated heterocycles. The van der Waals surface area contributed by atoms with Gasteiger partial charge in [0.05, 0.1) is 36.9 Å². The number of piperazine rings is 1. The molecule has 4 aromatic rings. The Bertz CT molecular complexity index is 1630. The number of ether oxygens (including phenoxy) is 3. The van der Waals surface area contributed by atoms with E-state index in [1.165, 1.54) is 37.3 Å². The maximum atomic E-state index is 14.5. The summed E-state index contributed by atoms with van der Waals surface area (Å²) in [5.41, 5.74) is 1.72. The summed E-state index contributed by atoms with van der Waals surface area (Å²) in [7, 11) is 2.81. The summed E-state index contributed by atoms with van der Waals surface area (Å²) in [6, 6.07) is 12.0. The van der Waals surface area contributed by atoms with Gasteiger partial charge in [0.1, 0.15) is 30.1 Å². The van der Waals surface area contributed by atoms with Crippen molar-refractivity contribution in [3.63, 3.8) is 0 Å². The second-order valence-electron chi connectivity index (χ2n) is 10.2. The molecule has 0 N–H and O–H groups in total. The maximum Gasteiger partial charge on any atom is 0.405 e. The minimum absolute atomic E-state index is 0.0762. The lowest BCUT2D eigenvalue weighted by Gasteiger charge is -2.42. The van der Waals surface area contributed by atoms with E-state index >= 15 is 0 Å². The van der Waals surface area contributed by atoms with E-state index in [2.05, 4.69) is 9.97 Å². The van der Waals surface area contributed by atoms with Crippen LogP contribution in [0, 0.1) is 5.82 Å². The van der Waals surface area contributed by atoms with Gasteiger partial charge in [0, 0.05) is 49.9 Å². The van der Waals surface area contributed by atoms with Crippen LogP contribution in [0.25, 0.3) is 11.0 Å². The number of benzene rings is 2. The lowest BCUT2D eigenvalue weighted by molar-refractivity contribution is -0.186. The number of anilines is 1. The lowest BCUT2D eigenvalue weighted by atomic mass is 10.1. The van der Waals surface area contributed by atoms with Crippen LogP contribution in [0.3, 0.4) is 0 Å². The SMILES string of the molecule is COCCn1c(CN2CCN(c3cccc(OCc4ccc(Cl)cc4F)n3)CC2C(F)(F)F)nc2ccc(C(=O)OC)cc21. The zero-order valence-electron chi connectivity index (χ0n) is 24.0. The summed E-state index contributed by atoms with van der Waals surface area (Å²) in [5, 5.41) is 0.254. The number of alkyl halides is 3. The molecule has 0 radical (unpaired) electrons. The number of pyridine rings is 1. The van der Waals surface area contributed by atoms with Gasteiger partial charge in [0.2, 0.25) is 5.88 Å². The Kier molecular flexibility index (Phi) is 9.56. The molecule has 1 atom stereocenters. The van der Waals surface area contributed by atoms with Crippen molar-refractivity contribution in [1.29, 1.82) is 0 Å². The molecule has 14 heteroatoms. The number of esters is 1. The van der Waals surface area contributed by atoms with Crippen LogP contribution >= 0.6 is 11.6 Å². The average molecular weight is 636 g/mol. The first-order chi connectivity index (χ1) is 21.1. The van der Waals surface area contributed by atoms with Crippen molar-refractivity contribution < 1.29 is 36.6 Å². The van der Waals surface area contributed by atoms with Crippen molar-refractivity contribution in [2.45, 2.75) is 31.9 Å². The maximum absolute atomic E-state index is 14.5. The number of nitrogens with zero attached hydrogens (tertiary/aromatic N) is 5. The first-order valence-corrected chi connectivity index (χ1v) is 14.1. The molecule has 0 saturated carbocycles. The molecule has 9 nitrogen and oxygen atoms in total. The van der Waals surface area contributed by atoms with Gasteiger partial charge in [0.15, 0.2) is 0 Å². The second kappa shape index (κ2) is 13.4. The van der Waals surface area contributed by atoms with Crippen molar-refractivity contribution in [3.8, 4) is 5.88 Å². The van der Waals surface area contributed by atoms with Gasteiger partial charge in [-0.05, 0) is 36.4 Å². The van der Waals surface area contributed by atoms with Crippen LogP contribution < -0.4 is 9.64 Å². The Morgan fingerprint density at radius 1 is 1.07 bits per heavy atom. The van der Waals surface area contributed by atoms with Gasteiger partial charge >= 0.3 is 12.1 Å². The highest BCUT2D eigenvalue weighted by atomic mass is 35.5. The van der Waals surface area contributed by atoms with Gasteiger partial charge < -0.3 is 23.7 Å². The molecule has 2 aromatic carbocycles. The standard InChI is InChI=1S/C30H30ClF4N5O4/c1-42-13-12-40-24-14-19(29(41)43-2)7-9-23(24)36-27(40)17-38-10-11-39(16-25(38)30(33,34)35)26-4-3-5-28(37-26)44-18-20-6-8-21(31)15-22(20)32/h3-9,14-15,25H,10-13,16-18H2,1-2H3. The number of methoxy groups -OCH3 is 2. The number of carbonyl (C=O) groups excluding carboxylic acids is 1. The van der Waals surface area contributed by atoms with E-state index in [0.29, 0.717) is 41.4 Å². The Labute approximate surface area is 255 Å². The minimum Gasteiger partial charge on any atom is -0.473 e. The van der Waals surface area contributed by atoms with Crippen LogP contribution in [-0.2, 0) is 29.2 Å². The molecule has 0 amide bonds. The summed E-state index contributed by atoms with van der Waals surface area (Å²) in [4.78, 5) is 24.0. The van der Waals surface area contributed by atoms with Crippen molar-refractivity contribution in [1.82, 2.24) is 19.4 Å². The first-order valence-electron chi connectivity index (χ1n) is 13.7. The highest BCUT2D eigenvalue weighted by molar-refractivity contribution is 6.30. The van der Waals surface area contributed by atoms with Crippen LogP contribution in [-0.4, -0.2) is 78.1 Å². The number of fused-ring (bicyclic) bond motifs is 1. The molecule has 3 heterocycles. The number of halogens is 5. The zero-order chi connectivity index (χ0) is 31.4. The molecule has 1 fully saturated rings. The summed E-state index contributed by atoms with van der Waals surface area (Å²) < 4.78 is 75.0. The van der Waals surface area contributed by atoms with E-state index in [0.717, 1.165) is 0 Å². The molecule has 1 aliphatic heterocycles. The average Bonchev–Trinajstić information content (AvgIpc) is 3.34. The van der Waals surface area contributed by atoms with Crippen LogP contribution in [0.4, 0.5) is 23.4 Å². The number of carbonyl (C=O) groups is 1. The van der Waals surface area contributed by atoms with Crippen LogP contribution in [0.2, 0.25) is 5.02 Å². The first kappa shape index (κ1) is 31.5. The van der Waals surface area contributed by atoms with E-state index in [9.17, 15) is 22.4 Å². The van der Waals surface area contributed by atoms with E-state index in [1.54, 1.807) is 45.9 Å². The molecule has 0 spiro atoms. The fraction of sp³-hybridized carbons (Fsp3) is 0.367. The quantitative estimate of drug-likeness (QED) is 0.167. The highest BCUT2D eigenvalue weighted by Crippen LogP contribution is 2.32. The van der Waals surface area contributed by atoms with Crippen molar-refractivity contribution in [2.75, 3.05) is 45.4 Å². The Hall–Kier alpha value is -3.94. The number of hydrogen-bond acceptors (Lipinski definition) is 8. The van der Waals surface area contributed by atoms with Crippen molar-refractivity contribution >= 4 is 34.4 Å². The number of hydrogen-bond donors (Lipinski definition) is 0. The van der Waals surface area contributed by atoms with Gasteiger partial charge in [-0.2, -0.15) is 18.2 Å². The van der Waals surface area contributed by atoms with Gasteiger partial charge in [-0.1, -0.05) is 23.7 Å². The molecular weight excluding hydrogens is 606 g/mol. The smallest absolute Gasteiger partial charge is 0.405 e. The third-order valence-corrected chi connectivity index (χ3v) is 7.64. The topological polar surface area (TPSA) is 82.0 Å². The Morgan fingerprint density at radius 3 is 2.61 bits per heavy atom. The van der Waals surface area contributed by atoms with Crippen LogP contribution in [0.5, 0.6) is 5.88 Å². The van der Waals surface area contributed by atoms with Gasteiger partial charge in [-0.3, -0.25) is 4.90 Å². The van der Waals surface area contributed by atoms with E-state index in [-0.39, 0.29) is 49.3 Å². The molecule has 5 rings (SSSR count). The zero-order valence-corrected chi connectivity index (χ0v) is 24.7. The van der Waals surface area contributed by atoms with Gasteiger partial charge in [-0.25, -0.2) is 14.2 Å². The summed E-state index contributed by atoms with van der Waals surface area (Å²) in [6.07, 6.45) is -4.54. The number of imidazole rings is 1. The third-order valence-electron chi connectivity index (χ3n) is 7.40. The molecule has 44 heavy (non-hydrogen) atoms. The largest absolute Gasteiger partial charge is 0.473 e. The van der Waals surface area contributed by atoms with Gasteiger partial charge in [-0.15, -0.1) is 0 Å². The monoisotopic (exact) mass is 635 g/mol. The summed E-state index contributed by atoms with van der Waals surface area (Å²) in [6.45, 7) is 0.410. The molecule has 234 valence electrons. The lowest BCUT2D eigenvalue weighted by Crippen LogP contribution is -2.59. The Balaban J connectivity index is 1.35. The normalized spacial score (nSPS) is 16.0. The van der Waals surface area contributed by atoms with Crippen LogP contribution in [0.1, 0.15) is 21.7 Å². The van der Waals surface area contributed by atoms with Crippen molar-refractivity contribution in [3.05, 3.63) is 82.4 Å². The highest BCUT2D eigenvalue weighted by Gasteiger charge is 2.47. The van der Waals surface area contributed by atoms with E-state index < -0.39 is 24.0 Å².